The van der Waals surface area contributed by atoms with Crippen LogP contribution in [0.2, 0.25) is 0 Å². The molecule has 5 heteroatoms. The highest BCUT2D eigenvalue weighted by molar-refractivity contribution is 5.33. The molecule has 2 rings (SSSR count). The first-order chi connectivity index (χ1) is 5.86. The SMILES string of the molecule is Oc1cncc(-n2ccnn2)c1. The average molecular weight is 162 g/mol. The van der Waals surface area contributed by atoms with Gasteiger partial charge in [0.15, 0.2) is 0 Å². The smallest absolute Gasteiger partial charge is 0.136 e. The quantitative estimate of drug-likeness (QED) is 0.657. The fourth-order valence-electron chi connectivity index (χ4n) is 0.887. The van der Waals surface area contributed by atoms with Crippen LogP contribution < -0.4 is 0 Å². The molecule has 2 aromatic rings. The van der Waals surface area contributed by atoms with Crippen LogP contribution in [0, 0.1) is 0 Å². The molecule has 0 aliphatic heterocycles. The van der Waals surface area contributed by atoms with Crippen molar-refractivity contribution in [3.05, 3.63) is 30.9 Å². The number of rotatable bonds is 1. The van der Waals surface area contributed by atoms with Crippen molar-refractivity contribution in [3.8, 4) is 11.4 Å². The van der Waals surface area contributed by atoms with Gasteiger partial charge in [-0.25, -0.2) is 4.68 Å². The molecular weight excluding hydrogens is 156 g/mol. The summed E-state index contributed by atoms with van der Waals surface area (Å²) >= 11 is 0. The Morgan fingerprint density at radius 2 is 2.25 bits per heavy atom. The predicted molar refractivity (Wildman–Crippen MR) is 40.8 cm³/mol. The van der Waals surface area contributed by atoms with E-state index in [-0.39, 0.29) is 5.75 Å². The van der Waals surface area contributed by atoms with Crippen molar-refractivity contribution in [2.45, 2.75) is 0 Å². The van der Waals surface area contributed by atoms with E-state index in [1.165, 1.54) is 10.9 Å². The van der Waals surface area contributed by atoms with E-state index in [9.17, 15) is 0 Å². The number of nitrogens with zero attached hydrogens (tertiary/aromatic N) is 4. The zero-order valence-corrected chi connectivity index (χ0v) is 6.12. The fourth-order valence-corrected chi connectivity index (χ4v) is 0.887. The molecule has 60 valence electrons. The first-order valence-electron chi connectivity index (χ1n) is 3.37. The van der Waals surface area contributed by atoms with Crippen LogP contribution in [0.1, 0.15) is 0 Å². The third kappa shape index (κ3) is 1.12. The molecule has 0 bridgehead atoms. The maximum absolute atomic E-state index is 9.09. The standard InChI is InChI=1S/C7H6N4O/c12-7-3-6(4-8-5-7)11-2-1-9-10-11/h1-5,12H. The van der Waals surface area contributed by atoms with E-state index in [1.807, 2.05) is 0 Å². The zero-order valence-electron chi connectivity index (χ0n) is 6.12. The van der Waals surface area contributed by atoms with Crippen molar-refractivity contribution < 1.29 is 5.11 Å². The molecule has 0 saturated heterocycles. The highest BCUT2D eigenvalue weighted by Gasteiger charge is 1.97. The maximum atomic E-state index is 9.09. The Bertz CT molecular complexity index is 371. The number of aromatic nitrogens is 4. The van der Waals surface area contributed by atoms with Crippen molar-refractivity contribution in [2.24, 2.45) is 0 Å². The number of aromatic hydroxyl groups is 1. The molecule has 0 spiro atoms. The second-order valence-electron chi connectivity index (χ2n) is 2.25. The summed E-state index contributed by atoms with van der Waals surface area (Å²) < 4.78 is 1.52. The van der Waals surface area contributed by atoms with Crippen LogP contribution >= 0.6 is 0 Å². The molecule has 2 heterocycles. The van der Waals surface area contributed by atoms with E-state index in [0.717, 1.165) is 0 Å². The van der Waals surface area contributed by atoms with E-state index >= 15 is 0 Å². The van der Waals surface area contributed by atoms with Crippen LogP contribution in [0.5, 0.6) is 5.75 Å². The second kappa shape index (κ2) is 2.61. The number of pyridine rings is 1. The number of hydrogen-bond acceptors (Lipinski definition) is 4. The summed E-state index contributed by atoms with van der Waals surface area (Å²) in [6, 6.07) is 1.56. The normalized spacial score (nSPS) is 10.0. The molecule has 12 heavy (non-hydrogen) atoms. The molecule has 0 saturated carbocycles. The minimum Gasteiger partial charge on any atom is -0.506 e. The Balaban J connectivity index is 2.48. The highest BCUT2D eigenvalue weighted by Crippen LogP contribution is 2.10. The van der Waals surface area contributed by atoms with Gasteiger partial charge in [0.25, 0.3) is 0 Å². The van der Waals surface area contributed by atoms with Gasteiger partial charge in [-0.3, -0.25) is 4.98 Å². The van der Waals surface area contributed by atoms with Crippen molar-refractivity contribution in [3.63, 3.8) is 0 Å². The van der Waals surface area contributed by atoms with Gasteiger partial charge in [-0.2, -0.15) is 0 Å². The summed E-state index contributed by atoms with van der Waals surface area (Å²) in [6.07, 6.45) is 6.19. The Morgan fingerprint density at radius 1 is 1.33 bits per heavy atom. The zero-order chi connectivity index (χ0) is 8.39. The minimum atomic E-state index is 0.114. The van der Waals surface area contributed by atoms with Crippen LogP contribution in [0.3, 0.4) is 0 Å². The van der Waals surface area contributed by atoms with Gasteiger partial charge in [0, 0.05) is 6.07 Å². The molecule has 1 N–H and O–H groups in total. The molecular formula is C7H6N4O. The van der Waals surface area contributed by atoms with Gasteiger partial charge in [0.05, 0.1) is 30.5 Å². The second-order valence-corrected chi connectivity index (χ2v) is 2.25. The Labute approximate surface area is 68.3 Å². The monoisotopic (exact) mass is 162 g/mol. The molecule has 0 aromatic carbocycles. The Kier molecular flexibility index (Phi) is 1.48. The largest absolute Gasteiger partial charge is 0.506 e. The van der Waals surface area contributed by atoms with Crippen molar-refractivity contribution in [1.82, 2.24) is 20.0 Å². The first kappa shape index (κ1) is 6.78. The summed E-state index contributed by atoms with van der Waals surface area (Å²) in [5.41, 5.74) is 0.688. The predicted octanol–water partition coefficient (Wildman–Crippen LogP) is 0.368. The van der Waals surface area contributed by atoms with Gasteiger partial charge in [-0.05, 0) is 0 Å². The molecule has 0 atom stereocenters. The summed E-state index contributed by atoms with van der Waals surface area (Å²) in [5, 5.41) is 16.5. The molecule has 0 unspecified atom stereocenters. The van der Waals surface area contributed by atoms with Crippen LogP contribution in [0.15, 0.2) is 30.9 Å². The van der Waals surface area contributed by atoms with Crippen LogP contribution in [-0.4, -0.2) is 25.1 Å². The van der Waals surface area contributed by atoms with Gasteiger partial charge in [-0.1, -0.05) is 5.21 Å². The molecule has 5 nitrogen and oxygen atoms in total. The summed E-state index contributed by atoms with van der Waals surface area (Å²) in [4.78, 5) is 3.80. The third-order valence-corrected chi connectivity index (χ3v) is 1.40. The van der Waals surface area contributed by atoms with E-state index in [0.29, 0.717) is 5.69 Å². The molecule has 0 radical (unpaired) electrons. The maximum Gasteiger partial charge on any atom is 0.136 e. The van der Waals surface area contributed by atoms with Crippen LogP contribution in [0.25, 0.3) is 5.69 Å². The van der Waals surface area contributed by atoms with E-state index < -0.39 is 0 Å². The fraction of sp³-hybridized carbons (Fsp3) is 0. The lowest BCUT2D eigenvalue weighted by Gasteiger charge is -1.98. The number of hydrogen-bond donors (Lipinski definition) is 1. The minimum absolute atomic E-state index is 0.114. The third-order valence-electron chi connectivity index (χ3n) is 1.40. The van der Waals surface area contributed by atoms with Gasteiger partial charge in [-0.15, -0.1) is 5.10 Å². The van der Waals surface area contributed by atoms with Gasteiger partial charge in [0.1, 0.15) is 5.75 Å². The Hall–Kier alpha value is -1.91. The Morgan fingerprint density at radius 3 is 2.92 bits per heavy atom. The van der Waals surface area contributed by atoms with E-state index in [4.69, 9.17) is 5.11 Å². The molecule has 2 aromatic heterocycles. The lowest BCUT2D eigenvalue weighted by molar-refractivity contribution is 0.472. The van der Waals surface area contributed by atoms with E-state index in [1.54, 1.807) is 24.7 Å². The first-order valence-corrected chi connectivity index (χ1v) is 3.37. The summed E-state index contributed by atoms with van der Waals surface area (Å²) in [6.45, 7) is 0. The lowest BCUT2D eigenvalue weighted by atomic mass is 10.4. The topological polar surface area (TPSA) is 63.8 Å². The van der Waals surface area contributed by atoms with Crippen molar-refractivity contribution in [1.29, 1.82) is 0 Å². The van der Waals surface area contributed by atoms with Crippen LogP contribution in [-0.2, 0) is 0 Å². The molecule has 0 aliphatic carbocycles. The van der Waals surface area contributed by atoms with Gasteiger partial charge < -0.3 is 5.11 Å². The van der Waals surface area contributed by atoms with E-state index in [2.05, 4.69) is 15.3 Å². The summed E-state index contributed by atoms with van der Waals surface area (Å²) in [5.74, 6) is 0.114. The van der Waals surface area contributed by atoms with Gasteiger partial charge in [0.2, 0.25) is 0 Å². The molecule has 0 aliphatic rings. The highest BCUT2D eigenvalue weighted by atomic mass is 16.3. The average Bonchev–Trinajstić information content (AvgIpc) is 2.56. The van der Waals surface area contributed by atoms with Crippen molar-refractivity contribution >= 4 is 0 Å². The lowest BCUT2D eigenvalue weighted by Crippen LogP contribution is -1.94. The van der Waals surface area contributed by atoms with Gasteiger partial charge >= 0.3 is 0 Å². The van der Waals surface area contributed by atoms with Crippen molar-refractivity contribution in [2.75, 3.05) is 0 Å². The molecule has 0 fully saturated rings. The molecule has 0 amide bonds. The van der Waals surface area contributed by atoms with Crippen LogP contribution in [0.4, 0.5) is 0 Å². The summed E-state index contributed by atoms with van der Waals surface area (Å²) in [7, 11) is 0.